The van der Waals surface area contributed by atoms with Gasteiger partial charge in [0.15, 0.2) is 0 Å². The number of amides is 1. The second-order valence-electron chi connectivity index (χ2n) is 5.84. The summed E-state index contributed by atoms with van der Waals surface area (Å²) in [5, 5.41) is 12.8. The summed E-state index contributed by atoms with van der Waals surface area (Å²) >= 11 is 0. The van der Waals surface area contributed by atoms with Gasteiger partial charge in [-0.15, -0.1) is 0 Å². The highest BCUT2D eigenvalue weighted by Crippen LogP contribution is 2.26. The number of ether oxygens (including phenoxy) is 1. The minimum atomic E-state index is -0.715. The molecular weight excluding hydrogens is 270 g/mol. The van der Waals surface area contributed by atoms with Gasteiger partial charge in [0.1, 0.15) is 5.75 Å². The lowest BCUT2D eigenvalue weighted by Gasteiger charge is -2.25. The van der Waals surface area contributed by atoms with Gasteiger partial charge in [0, 0.05) is 19.2 Å². The number of nitrogens with one attached hydrogen (secondary N) is 1. The zero-order chi connectivity index (χ0) is 15.6. The summed E-state index contributed by atoms with van der Waals surface area (Å²) in [6, 6.07) is 4.82. The van der Waals surface area contributed by atoms with Crippen LogP contribution in [0.4, 0.5) is 11.4 Å². The van der Waals surface area contributed by atoms with Crippen LogP contribution in [0.1, 0.15) is 20.3 Å². The van der Waals surface area contributed by atoms with Crippen molar-refractivity contribution >= 4 is 17.3 Å². The Morgan fingerprint density at radius 3 is 2.81 bits per heavy atom. The van der Waals surface area contributed by atoms with Crippen LogP contribution in [-0.4, -0.2) is 47.8 Å². The molecule has 0 radical (unpaired) electrons. The number of methoxy groups -OCH3 is 1. The van der Waals surface area contributed by atoms with Crippen molar-refractivity contribution in [1.29, 1.82) is 0 Å². The fourth-order valence-electron chi connectivity index (χ4n) is 2.50. The van der Waals surface area contributed by atoms with Gasteiger partial charge in [-0.1, -0.05) is 0 Å². The van der Waals surface area contributed by atoms with Crippen LogP contribution in [0.15, 0.2) is 18.2 Å². The number of hydrogen-bond donors (Lipinski definition) is 3. The Morgan fingerprint density at radius 2 is 2.29 bits per heavy atom. The smallest absolute Gasteiger partial charge is 0.241 e. The second kappa shape index (κ2) is 5.91. The minimum absolute atomic E-state index is 0.135. The summed E-state index contributed by atoms with van der Waals surface area (Å²) in [4.78, 5) is 14.3. The van der Waals surface area contributed by atoms with E-state index in [2.05, 4.69) is 5.32 Å². The first-order chi connectivity index (χ1) is 9.82. The molecule has 2 unspecified atom stereocenters. The first-order valence-corrected chi connectivity index (χ1v) is 7.03. The Morgan fingerprint density at radius 1 is 1.57 bits per heavy atom. The van der Waals surface area contributed by atoms with Crippen LogP contribution >= 0.6 is 0 Å². The third-order valence-electron chi connectivity index (χ3n) is 3.93. The van der Waals surface area contributed by atoms with E-state index in [1.54, 1.807) is 32.2 Å². The van der Waals surface area contributed by atoms with Gasteiger partial charge >= 0.3 is 0 Å². The van der Waals surface area contributed by atoms with E-state index in [0.29, 0.717) is 36.6 Å². The number of anilines is 2. The first kappa shape index (κ1) is 15.6. The maximum Gasteiger partial charge on any atom is 0.241 e. The van der Waals surface area contributed by atoms with E-state index < -0.39 is 5.60 Å². The number of hydrogen-bond acceptors (Lipinski definition) is 5. The Labute approximate surface area is 124 Å². The average Bonchev–Trinajstić information content (AvgIpc) is 2.80. The molecule has 6 nitrogen and oxygen atoms in total. The summed E-state index contributed by atoms with van der Waals surface area (Å²) < 4.78 is 5.08. The topological polar surface area (TPSA) is 87.8 Å². The Balaban J connectivity index is 2.01. The summed E-state index contributed by atoms with van der Waals surface area (Å²) in [5.74, 6) is 0.513. The summed E-state index contributed by atoms with van der Waals surface area (Å²) in [6.45, 7) is 4.83. The molecule has 0 saturated carbocycles. The average molecular weight is 293 g/mol. The molecule has 21 heavy (non-hydrogen) atoms. The van der Waals surface area contributed by atoms with Crippen molar-refractivity contribution in [2.45, 2.75) is 31.9 Å². The molecule has 4 N–H and O–H groups in total. The van der Waals surface area contributed by atoms with Gasteiger partial charge in [0.2, 0.25) is 5.91 Å². The van der Waals surface area contributed by atoms with E-state index in [0.717, 1.165) is 0 Å². The number of β-amino-alcohol motifs (C(OH)–C–C–N with tert-alkyl or cyclic N) is 1. The first-order valence-electron chi connectivity index (χ1n) is 7.03. The van der Waals surface area contributed by atoms with Gasteiger partial charge in [-0.05, 0) is 32.4 Å². The van der Waals surface area contributed by atoms with E-state index in [-0.39, 0.29) is 11.9 Å². The van der Waals surface area contributed by atoms with Gasteiger partial charge in [0.25, 0.3) is 0 Å². The van der Waals surface area contributed by atoms with Crippen LogP contribution in [0.2, 0.25) is 0 Å². The van der Waals surface area contributed by atoms with Crippen molar-refractivity contribution < 1.29 is 14.6 Å². The molecule has 6 heteroatoms. The predicted molar refractivity (Wildman–Crippen MR) is 82.3 cm³/mol. The van der Waals surface area contributed by atoms with E-state index in [9.17, 15) is 9.90 Å². The van der Waals surface area contributed by atoms with Crippen LogP contribution in [-0.2, 0) is 4.79 Å². The molecule has 0 bridgehead atoms. The number of benzene rings is 1. The van der Waals surface area contributed by atoms with Gasteiger partial charge in [-0.25, -0.2) is 0 Å². The molecule has 0 spiro atoms. The quantitative estimate of drug-likeness (QED) is 0.723. The molecule has 0 aromatic heterocycles. The number of nitrogens with two attached hydrogens (primary N) is 1. The lowest BCUT2D eigenvalue weighted by Crippen LogP contribution is -2.42. The van der Waals surface area contributed by atoms with Crippen molar-refractivity contribution in [2.24, 2.45) is 0 Å². The summed E-state index contributed by atoms with van der Waals surface area (Å²) in [6.07, 6.45) is 0.676. The highest BCUT2D eigenvalue weighted by molar-refractivity contribution is 5.97. The molecule has 1 saturated heterocycles. The molecule has 1 aliphatic heterocycles. The van der Waals surface area contributed by atoms with E-state index in [1.165, 1.54) is 0 Å². The van der Waals surface area contributed by atoms with E-state index >= 15 is 0 Å². The van der Waals surface area contributed by atoms with Crippen molar-refractivity contribution in [3.63, 3.8) is 0 Å². The van der Waals surface area contributed by atoms with E-state index in [1.807, 2.05) is 11.8 Å². The number of rotatable bonds is 4. The Hall–Kier alpha value is -1.79. The van der Waals surface area contributed by atoms with Crippen LogP contribution < -0.4 is 15.8 Å². The number of likely N-dealkylation sites (tertiary alicyclic amines) is 1. The molecular formula is C15H23N3O3. The zero-order valence-corrected chi connectivity index (χ0v) is 12.7. The van der Waals surface area contributed by atoms with Gasteiger partial charge in [-0.2, -0.15) is 0 Å². The normalized spacial score (nSPS) is 23.8. The van der Waals surface area contributed by atoms with Crippen molar-refractivity contribution in [3.05, 3.63) is 18.2 Å². The molecule has 1 fully saturated rings. The number of nitrogens with zero attached hydrogens (tertiary/aromatic N) is 1. The Bertz CT molecular complexity index is 531. The molecule has 2 rings (SSSR count). The zero-order valence-electron chi connectivity index (χ0n) is 12.7. The lowest BCUT2D eigenvalue weighted by molar-refractivity contribution is -0.120. The van der Waals surface area contributed by atoms with Crippen molar-refractivity contribution in [2.75, 3.05) is 31.2 Å². The van der Waals surface area contributed by atoms with Crippen LogP contribution in [0.3, 0.4) is 0 Å². The highest BCUT2D eigenvalue weighted by atomic mass is 16.5. The fourth-order valence-corrected chi connectivity index (χ4v) is 2.50. The van der Waals surface area contributed by atoms with Crippen LogP contribution in [0.5, 0.6) is 5.75 Å². The predicted octanol–water partition coefficient (Wildman–Crippen LogP) is 1.06. The highest BCUT2D eigenvalue weighted by Gasteiger charge is 2.35. The minimum Gasteiger partial charge on any atom is -0.497 e. The third kappa shape index (κ3) is 3.65. The molecule has 1 aliphatic rings. The van der Waals surface area contributed by atoms with Gasteiger partial charge in [-0.3, -0.25) is 9.69 Å². The fraction of sp³-hybridized carbons (Fsp3) is 0.533. The molecule has 1 amide bonds. The number of carbonyl (C=O) groups excluding carboxylic acids is 1. The SMILES string of the molecule is COc1ccc(NC(=O)C(C)N2CCC(C)(O)C2)c(N)c1. The maximum absolute atomic E-state index is 12.3. The number of aliphatic hydroxyl groups is 1. The standard InChI is InChI=1S/C15H23N3O3/c1-10(18-7-6-15(2,20)9-18)14(19)17-13-5-4-11(21-3)8-12(13)16/h4-5,8,10,20H,6-7,9,16H2,1-3H3,(H,17,19). The number of nitrogen functional groups attached to an aromatic ring is 1. The summed E-state index contributed by atoms with van der Waals surface area (Å²) in [7, 11) is 1.56. The molecule has 1 heterocycles. The largest absolute Gasteiger partial charge is 0.497 e. The van der Waals surface area contributed by atoms with Crippen LogP contribution in [0, 0.1) is 0 Å². The molecule has 116 valence electrons. The Kier molecular flexibility index (Phi) is 4.39. The maximum atomic E-state index is 12.3. The molecule has 0 aliphatic carbocycles. The van der Waals surface area contributed by atoms with E-state index in [4.69, 9.17) is 10.5 Å². The molecule has 2 atom stereocenters. The van der Waals surface area contributed by atoms with Crippen LogP contribution in [0.25, 0.3) is 0 Å². The monoisotopic (exact) mass is 293 g/mol. The van der Waals surface area contributed by atoms with Crippen molar-refractivity contribution in [1.82, 2.24) is 4.90 Å². The molecule has 1 aromatic rings. The van der Waals surface area contributed by atoms with Gasteiger partial charge < -0.3 is 20.9 Å². The summed E-state index contributed by atoms with van der Waals surface area (Å²) in [5.41, 5.74) is 6.21. The van der Waals surface area contributed by atoms with Crippen molar-refractivity contribution in [3.8, 4) is 5.75 Å². The number of carbonyl (C=O) groups is 1. The third-order valence-corrected chi connectivity index (χ3v) is 3.93. The second-order valence-corrected chi connectivity index (χ2v) is 5.84. The molecule has 1 aromatic carbocycles. The lowest BCUT2D eigenvalue weighted by atomic mass is 10.1. The van der Waals surface area contributed by atoms with Gasteiger partial charge in [0.05, 0.1) is 30.1 Å².